The van der Waals surface area contributed by atoms with Gasteiger partial charge in [0, 0.05) is 6.08 Å². The Morgan fingerprint density at radius 2 is 1.56 bits per heavy atom. The molecule has 0 rings (SSSR count). The number of carbonyl (C=O) groups is 1. The molecule has 0 atom stereocenters. The van der Waals surface area contributed by atoms with E-state index in [-0.39, 0.29) is 5.97 Å². The maximum Gasteiger partial charge on any atom is 0.330 e. The molecule has 0 aromatic carbocycles. The minimum absolute atomic E-state index is 0.200. The van der Waals surface area contributed by atoms with Crippen molar-refractivity contribution >= 4 is 5.97 Å². The average molecular weight is 254 g/mol. The summed E-state index contributed by atoms with van der Waals surface area (Å²) in [4.78, 5) is 11.3. The van der Waals surface area contributed by atoms with Crippen LogP contribution in [0.1, 0.15) is 72.1 Å². The first-order valence-electron chi connectivity index (χ1n) is 7.59. The van der Waals surface area contributed by atoms with Crippen LogP contribution >= 0.6 is 0 Å². The number of unbranched alkanes of at least 4 members (excludes halogenated alkanes) is 4. The molecule has 0 unspecified atom stereocenters. The molecule has 0 saturated heterocycles. The summed E-state index contributed by atoms with van der Waals surface area (Å²) in [5.41, 5.74) is 0. The molecule has 0 aliphatic heterocycles. The summed E-state index contributed by atoms with van der Waals surface area (Å²) in [5.74, 6) is 0.348. The molecule has 0 aliphatic carbocycles. The van der Waals surface area contributed by atoms with Crippen molar-refractivity contribution in [2.24, 2.45) is 5.92 Å². The van der Waals surface area contributed by atoms with Gasteiger partial charge in [0.25, 0.3) is 0 Å². The summed E-state index contributed by atoms with van der Waals surface area (Å²) in [6, 6.07) is 0. The fraction of sp³-hybridized carbons (Fsp3) is 0.812. The molecule has 106 valence electrons. The van der Waals surface area contributed by atoms with Crippen molar-refractivity contribution in [1.82, 2.24) is 0 Å². The number of allylic oxidation sites excluding steroid dienone is 1. The molecule has 0 saturated carbocycles. The molecule has 0 bridgehead atoms. The predicted molar refractivity (Wildman–Crippen MR) is 77.5 cm³/mol. The number of ether oxygens (including phenoxy) is 1. The maximum absolute atomic E-state index is 11.3. The fourth-order valence-corrected chi connectivity index (χ4v) is 2.05. The normalized spacial score (nSPS) is 11.3. The molecular formula is C16H30O2. The van der Waals surface area contributed by atoms with Crippen LogP contribution in [-0.4, -0.2) is 12.6 Å². The first kappa shape index (κ1) is 17.2. The smallest absolute Gasteiger partial charge is 0.330 e. The van der Waals surface area contributed by atoms with Crippen molar-refractivity contribution in [3.63, 3.8) is 0 Å². The van der Waals surface area contributed by atoms with Crippen LogP contribution in [0.25, 0.3) is 0 Å². The van der Waals surface area contributed by atoms with Crippen LogP contribution in [0.5, 0.6) is 0 Å². The highest BCUT2D eigenvalue weighted by Crippen LogP contribution is 2.18. The summed E-state index contributed by atoms with van der Waals surface area (Å²) in [6.45, 7) is 6.74. The second-order valence-corrected chi connectivity index (χ2v) is 4.86. The van der Waals surface area contributed by atoms with E-state index in [1.807, 2.05) is 6.92 Å². The lowest BCUT2D eigenvalue weighted by Crippen LogP contribution is -2.02. The Morgan fingerprint density at radius 3 is 2.00 bits per heavy atom. The van der Waals surface area contributed by atoms with E-state index in [2.05, 4.69) is 19.9 Å². The quantitative estimate of drug-likeness (QED) is 0.298. The van der Waals surface area contributed by atoms with Crippen molar-refractivity contribution in [3.05, 3.63) is 12.2 Å². The molecule has 0 N–H and O–H groups in total. The van der Waals surface area contributed by atoms with Gasteiger partial charge in [0.2, 0.25) is 0 Å². The highest BCUT2D eigenvalue weighted by Gasteiger charge is 2.05. The Hall–Kier alpha value is -0.790. The van der Waals surface area contributed by atoms with Gasteiger partial charge in [0.05, 0.1) is 6.61 Å². The third kappa shape index (κ3) is 10.4. The molecule has 0 aromatic rings. The number of carbonyl (C=O) groups excluding carboxylic acids is 1. The van der Waals surface area contributed by atoms with E-state index in [4.69, 9.17) is 4.74 Å². The Bertz CT molecular complexity index is 211. The standard InChI is InChI=1S/C16H30O2/c1-4-7-9-11-15(12-10-8-5-2)13-14-16(17)18-6-3/h13-15H,4-12H2,1-3H3/b14-13+. The van der Waals surface area contributed by atoms with Gasteiger partial charge in [-0.05, 0) is 25.7 Å². The third-order valence-electron chi connectivity index (χ3n) is 3.15. The molecule has 18 heavy (non-hydrogen) atoms. The van der Waals surface area contributed by atoms with Gasteiger partial charge < -0.3 is 4.74 Å². The zero-order valence-electron chi connectivity index (χ0n) is 12.4. The largest absolute Gasteiger partial charge is 0.463 e. The van der Waals surface area contributed by atoms with Crippen LogP contribution in [0.4, 0.5) is 0 Å². The van der Waals surface area contributed by atoms with Crippen LogP contribution in [0.3, 0.4) is 0 Å². The predicted octanol–water partition coefficient (Wildman–Crippen LogP) is 4.88. The van der Waals surface area contributed by atoms with E-state index in [9.17, 15) is 4.79 Å². The zero-order valence-corrected chi connectivity index (χ0v) is 12.4. The van der Waals surface area contributed by atoms with E-state index in [0.717, 1.165) is 0 Å². The highest BCUT2D eigenvalue weighted by molar-refractivity contribution is 5.81. The topological polar surface area (TPSA) is 26.3 Å². The molecule has 0 spiro atoms. The molecule has 0 amide bonds. The Morgan fingerprint density at radius 1 is 1.00 bits per heavy atom. The summed E-state index contributed by atoms with van der Waals surface area (Å²) < 4.78 is 4.92. The first-order valence-corrected chi connectivity index (χ1v) is 7.59. The molecule has 0 aliphatic rings. The van der Waals surface area contributed by atoms with Gasteiger partial charge in [-0.15, -0.1) is 0 Å². The van der Waals surface area contributed by atoms with Crippen LogP contribution in [0, 0.1) is 5.92 Å². The molecule has 2 nitrogen and oxygen atoms in total. The van der Waals surface area contributed by atoms with E-state index < -0.39 is 0 Å². The minimum Gasteiger partial charge on any atom is -0.463 e. The second-order valence-electron chi connectivity index (χ2n) is 4.86. The van der Waals surface area contributed by atoms with Crippen LogP contribution in [-0.2, 0) is 9.53 Å². The van der Waals surface area contributed by atoms with Gasteiger partial charge in [-0.25, -0.2) is 4.79 Å². The minimum atomic E-state index is -0.200. The fourth-order valence-electron chi connectivity index (χ4n) is 2.05. The van der Waals surface area contributed by atoms with Gasteiger partial charge in [0.15, 0.2) is 0 Å². The SMILES string of the molecule is CCCCCC(/C=C/C(=O)OCC)CCCCC. The number of hydrogen-bond acceptors (Lipinski definition) is 2. The maximum atomic E-state index is 11.3. The van der Waals surface area contributed by atoms with Gasteiger partial charge in [-0.2, -0.15) is 0 Å². The van der Waals surface area contributed by atoms with Crippen molar-refractivity contribution in [2.45, 2.75) is 72.1 Å². The number of rotatable bonds is 11. The molecule has 0 heterocycles. The van der Waals surface area contributed by atoms with Gasteiger partial charge in [0.1, 0.15) is 0 Å². The molecule has 0 aromatic heterocycles. The van der Waals surface area contributed by atoms with E-state index >= 15 is 0 Å². The molecular weight excluding hydrogens is 224 g/mol. The lowest BCUT2D eigenvalue weighted by Gasteiger charge is -2.12. The van der Waals surface area contributed by atoms with Crippen molar-refractivity contribution in [1.29, 1.82) is 0 Å². The summed E-state index contributed by atoms with van der Waals surface area (Å²) in [5, 5.41) is 0. The Kier molecular flexibility index (Phi) is 12.1. The zero-order chi connectivity index (χ0) is 13.6. The molecule has 2 heteroatoms. The molecule has 0 radical (unpaired) electrons. The first-order chi connectivity index (χ1) is 8.74. The summed E-state index contributed by atoms with van der Waals surface area (Å²) in [6.07, 6.45) is 13.7. The highest BCUT2D eigenvalue weighted by atomic mass is 16.5. The lowest BCUT2D eigenvalue weighted by molar-refractivity contribution is -0.137. The number of esters is 1. The van der Waals surface area contributed by atoms with Crippen LogP contribution < -0.4 is 0 Å². The van der Waals surface area contributed by atoms with E-state index in [1.54, 1.807) is 6.08 Å². The Labute approximate surface area is 113 Å². The van der Waals surface area contributed by atoms with Crippen LogP contribution in [0.2, 0.25) is 0 Å². The third-order valence-corrected chi connectivity index (χ3v) is 3.15. The monoisotopic (exact) mass is 254 g/mol. The van der Waals surface area contributed by atoms with Crippen molar-refractivity contribution in [3.8, 4) is 0 Å². The van der Waals surface area contributed by atoms with E-state index in [0.29, 0.717) is 12.5 Å². The van der Waals surface area contributed by atoms with Crippen LogP contribution in [0.15, 0.2) is 12.2 Å². The Balaban J connectivity index is 4.04. The van der Waals surface area contributed by atoms with Gasteiger partial charge in [-0.1, -0.05) is 58.4 Å². The average Bonchev–Trinajstić information content (AvgIpc) is 2.36. The van der Waals surface area contributed by atoms with Gasteiger partial charge >= 0.3 is 5.97 Å². The van der Waals surface area contributed by atoms with E-state index in [1.165, 1.54) is 51.4 Å². The van der Waals surface area contributed by atoms with Crippen molar-refractivity contribution < 1.29 is 9.53 Å². The second kappa shape index (κ2) is 12.7. The summed E-state index contributed by atoms with van der Waals surface area (Å²) in [7, 11) is 0. The van der Waals surface area contributed by atoms with Crippen molar-refractivity contribution in [2.75, 3.05) is 6.61 Å². The summed E-state index contributed by atoms with van der Waals surface area (Å²) >= 11 is 0. The van der Waals surface area contributed by atoms with Gasteiger partial charge in [-0.3, -0.25) is 0 Å². The number of hydrogen-bond donors (Lipinski definition) is 0. The molecule has 0 fully saturated rings. The lowest BCUT2D eigenvalue weighted by atomic mass is 9.94.